The minimum absolute atomic E-state index is 0.0300. The van der Waals surface area contributed by atoms with Crippen LogP contribution in [0.25, 0.3) is 0 Å². The van der Waals surface area contributed by atoms with Gasteiger partial charge in [0.2, 0.25) is 5.91 Å². The molecule has 1 unspecified atom stereocenters. The van der Waals surface area contributed by atoms with E-state index in [1.165, 1.54) is 12.8 Å². The fourth-order valence-electron chi connectivity index (χ4n) is 2.61. The maximum Gasteiger partial charge on any atom is 0.258 e. The van der Waals surface area contributed by atoms with Gasteiger partial charge in [0.05, 0.1) is 0 Å². The lowest BCUT2D eigenvalue weighted by molar-refractivity contribution is -0.123. The lowest BCUT2D eigenvalue weighted by Crippen LogP contribution is -2.37. The van der Waals surface area contributed by atoms with Crippen LogP contribution >= 0.6 is 0 Å². The summed E-state index contributed by atoms with van der Waals surface area (Å²) in [5.41, 5.74) is 1.89. The standard InChI is InChI=1S/C16H20N2O3/c1-10(11-2-3-11)17-16(20)9-21-13-5-6-14-12(8-13)4-7-15(19)18-14/h5-6,8,10-11H,2-4,7,9H2,1H3,(H,17,20)(H,18,19). The molecule has 5 nitrogen and oxygen atoms in total. The van der Waals surface area contributed by atoms with E-state index in [0.717, 1.165) is 11.3 Å². The maximum absolute atomic E-state index is 11.8. The monoisotopic (exact) mass is 288 g/mol. The highest BCUT2D eigenvalue weighted by Crippen LogP contribution is 2.32. The zero-order valence-electron chi connectivity index (χ0n) is 12.1. The van der Waals surface area contributed by atoms with Gasteiger partial charge in [-0.1, -0.05) is 0 Å². The number of hydrogen-bond acceptors (Lipinski definition) is 3. The summed E-state index contributed by atoms with van der Waals surface area (Å²) in [5, 5.41) is 5.78. The highest BCUT2D eigenvalue weighted by Gasteiger charge is 2.28. The molecule has 1 saturated carbocycles. The summed E-state index contributed by atoms with van der Waals surface area (Å²) in [6, 6.07) is 5.74. The van der Waals surface area contributed by atoms with Crippen molar-refractivity contribution >= 4 is 17.5 Å². The second-order valence-corrected chi connectivity index (χ2v) is 5.85. The van der Waals surface area contributed by atoms with E-state index in [2.05, 4.69) is 10.6 Å². The minimum Gasteiger partial charge on any atom is -0.484 e. The van der Waals surface area contributed by atoms with Gasteiger partial charge in [0.1, 0.15) is 5.75 Å². The molecule has 1 aliphatic heterocycles. The zero-order chi connectivity index (χ0) is 14.8. The van der Waals surface area contributed by atoms with Crippen LogP contribution in [0.5, 0.6) is 5.75 Å². The largest absolute Gasteiger partial charge is 0.484 e. The van der Waals surface area contributed by atoms with Crippen molar-refractivity contribution in [3.63, 3.8) is 0 Å². The molecule has 1 aromatic rings. The van der Waals surface area contributed by atoms with Gasteiger partial charge >= 0.3 is 0 Å². The number of carbonyl (C=O) groups excluding carboxylic acids is 2. The third kappa shape index (κ3) is 3.54. The van der Waals surface area contributed by atoms with Crippen molar-refractivity contribution in [3.8, 4) is 5.75 Å². The summed E-state index contributed by atoms with van der Waals surface area (Å²) in [5.74, 6) is 1.27. The number of carbonyl (C=O) groups is 2. The minimum atomic E-state index is -0.0829. The fourth-order valence-corrected chi connectivity index (χ4v) is 2.61. The number of aryl methyl sites for hydroxylation is 1. The summed E-state index contributed by atoms with van der Waals surface area (Å²) in [6.07, 6.45) is 3.62. The Kier molecular flexibility index (Phi) is 3.82. The molecule has 1 heterocycles. The number of anilines is 1. The van der Waals surface area contributed by atoms with E-state index in [0.29, 0.717) is 24.5 Å². The smallest absolute Gasteiger partial charge is 0.258 e. The van der Waals surface area contributed by atoms with Gasteiger partial charge in [0.15, 0.2) is 6.61 Å². The predicted molar refractivity (Wildman–Crippen MR) is 79.2 cm³/mol. The van der Waals surface area contributed by atoms with Crippen LogP contribution in [0.3, 0.4) is 0 Å². The van der Waals surface area contributed by atoms with E-state index < -0.39 is 0 Å². The molecule has 0 saturated heterocycles. The second-order valence-electron chi connectivity index (χ2n) is 5.85. The van der Waals surface area contributed by atoms with E-state index in [1.54, 1.807) is 6.07 Å². The van der Waals surface area contributed by atoms with E-state index in [1.807, 2.05) is 19.1 Å². The van der Waals surface area contributed by atoms with Crippen LogP contribution in [0.2, 0.25) is 0 Å². The SMILES string of the molecule is CC(NC(=O)COc1ccc2c(c1)CCC(=O)N2)C1CC1. The Morgan fingerprint density at radius 2 is 2.24 bits per heavy atom. The Labute approximate surface area is 124 Å². The Balaban J connectivity index is 1.53. The number of nitrogens with one attached hydrogen (secondary N) is 2. The van der Waals surface area contributed by atoms with Crippen LogP contribution in [-0.2, 0) is 16.0 Å². The van der Waals surface area contributed by atoms with Crippen LogP contribution < -0.4 is 15.4 Å². The lowest BCUT2D eigenvalue weighted by atomic mass is 10.0. The fraction of sp³-hybridized carbons (Fsp3) is 0.500. The molecular formula is C16H20N2O3. The first-order valence-corrected chi connectivity index (χ1v) is 7.47. The summed E-state index contributed by atoms with van der Waals surface area (Å²) in [7, 11) is 0. The molecule has 1 aliphatic carbocycles. The van der Waals surface area contributed by atoms with Gasteiger partial charge in [0, 0.05) is 18.2 Å². The summed E-state index contributed by atoms with van der Waals surface area (Å²) < 4.78 is 5.54. The van der Waals surface area contributed by atoms with Gasteiger partial charge in [-0.25, -0.2) is 0 Å². The Bertz CT molecular complexity index is 567. The van der Waals surface area contributed by atoms with Gasteiger partial charge in [-0.2, -0.15) is 0 Å². The van der Waals surface area contributed by atoms with Crippen molar-refractivity contribution in [2.24, 2.45) is 5.92 Å². The van der Waals surface area contributed by atoms with Gasteiger partial charge < -0.3 is 15.4 Å². The van der Waals surface area contributed by atoms with Crippen LogP contribution in [0.4, 0.5) is 5.69 Å². The molecule has 2 aliphatic rings. The van der Waals surface area contributed by atoms with Crippen molar-refractivity contribution in [1.82, 2.24) is 5.32 Å². The molecule has 5 heteroatoms. The molecule has 1 aromatic carbocycles. The van der Waals surface area contributed by atoms with E-state index in [-0.39, 0.29) is 24.5 Å². The lowest BCUT2D eigenvalue weighted by Gasteiger charge is -2.18. The number of fused-ring (bicyclic) bond motifs is 1. The van der Waals surface area contributed by atoms with Gasteiger partial charge in [-0.15, -0.1) is 0 Å². The zero-order valence-corrected chi connectivity index (χ0v) is 12.1. The van der Waals surface area contributed by atoms with Crippen LogP contribution in [-0.4, -0.2) is 24.5 Å². The quantitative estimate of drug-likeness (QED) is 0.869. The maximum atomic E-state index is 11.8. The molecule has 1 atom stereocenters. The molecule has 0 aromatic heterocycles. The average Bonchev–Trinajstić information content (AvgIpc) is 3.29. The van der Waals surface area contributed by atoms with Crippen LogP contribution in [0, 0.1) is 5.92 Å². The predicted octanol–water partition coefficient (Wildman–Crippen LogP) is 1.86. The molecule has 21 heavy (non-hydrogen) atoms. The Hall–Kier alpha value is -2.04. The molecule has 3 rings (SSSR count). The average molecular weight is 288 g/mol. The van der Waals surface area contributed by atoms with Crippen molar-refractivity contribution in [2.45, 2.75) is 38.6 Å². The Morgan fingerprint density at radius 3 is 3.00 bits per heavy atom. The van der Waals surface area contributed by atoms with Crippen molar-refractivity contribution in [3.05, 3.63) is 23.8 Å². The first-order chi connectivity index (χ1) is 10.1. The molecule has 2 N–H and O–H groups in total. The number of amides is 2. The Morgan fingerprint density at radius 1 is 1.43 bits per heavy atom. The van der Waals surface area contributed by atoms with Crippen molar-refractivity contribution in [1.29, 1.82) is 0 Å². The van der Waals surface area contributed by atoms with E-state index >= 15 is 0 Å². The molecule has 2 amide bonds. The van der Waals surface area contributed by atoms with E-state index in [4.69, 9.17) is 4.74 Å². The van der Waals surface area contributed by atoms with Gasteiger partial charge in [0.25, 0.3) is 5.91 Å². The number of hydrogen-bond donors (Lipinski definition) is 2. The third-order valence-corrected chi connectivity index (χ3v) is 4.06. The molecule has 112 valence electrons. The summed E-state index contributed by atoms with van der Waals surface area (Å²) >= 11 is 0. The summed E-state index contributed by atoms with van der Waals surface area (Å²) in [6.45, 7) is 2.07. The number of ether oxygens (including phenoxy) is 1. The number of rotatable bonds is 5. The van der Waals surface area contributed by atoms with Crippen LogP contribution in [0.15, 0.2) is 18.2 Å². The molecule has 0 spiro atoms. The highest BCUT2D eigenvalue weighted by atomic mass is 16.5. The topological polar surface area (TPSA) is 67.4 Å². The second kappa shape index (κ2) is 5.76. The molecular weight excluding hydrogens is 268 g/mol. The number of benzene rings is 1. The van der Waals surface area contributed by atoms with Gasteiger partial charge in [-0.3, -0.25) is 9.59 Å². The molecule has 1 fully saturated rings. The summed E-state index contributed by atoms with van der Waals surface area (Å²) in [4.78, 5) is 23.1. The normalized spacial score (nSPS) is 18.4. The van der Waals surface area contributed by atoms with Crippen LogP contribution in [0.1, 0.15) is 31.7 Å². The molecule has 0 bridgehead atoms. The third-order valence-electron chi connectivity index (χ3n) is 4.06. The first kappa shape index (κ1) is 13.9. The van der Waals surface area contributed by atoms with Crippen molar-refractivity contribution in [2.75, 3.05) is 11.9 Å². The van der Waals surface area contributed by atoms with Gasteiger partial charge in [-0.05, 0) is 55.9 Å². The highest BCUT2D eigenvalue weighted by molar-refractivity contribution is 5.94. The van der Waals surface area contributed by atoms with Crippen molar-refractivity contribution < 1.29 is 14.3 Å². The molecule has 0 radical (unpaired) electrons. The van der Waals surface area contributed by atoms with E-state index in [9.17, 15) is 9.59 Å². The first-order valence-electron chi connectivity index (χ1n) is 7.47.